The van der Waals surface area contributed by atoms with Crippen molar-refractivity contribution in [3.8, 4) is 0 Å². The molecule has 3 aromatic rings. The highest BCUT2D eigenvalue weighted by Gasteiger charge is 2.27. The topological polar surface area (TPSA) is 66.5 Å². The molecule has 0 aliphatic heterocycles. The molecule has 0 aliphatic carbocycles. The van der Waals surface area contributed by atoms with Crippen LogP contribution in [0.2, 0.25) is 0 Å². The van der Waals surface area contributed by atoms with Crippen LogP contribution in [0.5, 0.6) is 0 Å². The molecule has 3 rings (SSSR count). The van der Waals surface area contributed by atoms with Crippen molar-refractivity contribution in [2.75, 3.05) is 10.8 Å². The van der Waals surface area contributed by atoms with E-state index in [1.165, 1.54) is 9.87 Å². The molecule has 0 bridgehead atoms. The van der Waals surface area contributed by atoms with E-state index in [0.717, 1.165) is 23.1 Å². The maximum atomic E-state index is 13.5. The van der Waals surface area contributed by atoms with E-state index in [4.69, 9.17) is 0 Å². The van der Waals surface area contributed by atoms with E-state index in [1.54, 1.807) is 42.5 Å². The van der Waals surface area contributed by atoms with Crippen molar-refractivity contribution in [1.82, 2.24) is 5.32 Å². The summed E-state index contributed by atoms with van der Waals surface area (Å²) in [5.74, 6) is -0.366. The Kier molecular flexibility index (Phi) is 7.36. The molecular formula is C26H30N2O3S. The van der Waals surface area contributed by atoms with Crippen molar-refractivity contribution >= 4 is 21.6 Å². The predicted molar refractivity (Wildman–Crippen MR) is 129 cm³/mol. The van der Waals surface area contributed by atoms with Gasteiger partial charge in [-0.15, -0.1) is 0 Å². The fraction of sp³-hybridized carbons (Fsp3) is 0.269. The molecule has 0 unspecified atom stereocenters. The van der Waals surface area contributed by atoms with Crippen molar-refractivity contribution < 1.29 is 13.2 Å². The van der Waals surface area contributed by atoms with Gasteiger partial charge < -0.3 is 5.32 Å². The highest BCUT2D eigenvalue weighted by atomic mass is 32.2. The molecule has 0 heterocycles. The van der Waals surface area contributed by atoms with Gasteiger partial charge in [-0.3, -0.25) is 9.10 Å². The number of amides is 1. The quantitative estimate of drug-likeness (QED) is 0.529. The molecule has 0 spiro atoms. The third kappa shape index (κ3) is 5.56. The number of nitrogens with zero attached hydrogens (tertiary/aromatic N) is 1. The Labute approximate surface area is 191 Å². The van der Waals surface area contributed by atoms with E-state index in [-0.39, 0.29) is 23.4 Å². The average Bonchev–Trinajstić information content (AvgIpc) is 2.77. The smallest absolute Gasteiger partial charge is 0.264 e. The summed E-state index contributed by atoms with van der Waals surface area (Å²) in [4.78, 5) is 13.1. The van der Waals surface area contributed by atoms with Gasteiger partial charge in [-0.05, 0) is 68.1 Å². The Morgan fingerprint density at radius 1 is 0.938 bits per heavy atom. The van der Waals surface area contributed by atoms with Crippen LogP contribution >= 0.6 is 0 Å². The minimum Gasteiger partial charge on any atom is -0.348 e. The molecule has 1 atom stereocenters. The zero-order valence-corrected chi connectivity index (χ0v) is 19.8. The molecule has 32 heavy (non-hydrogen) atoms. The highest BCUT2D eigenvalue weighted by molar-refractivity contribution is 7.92. The second-order valence-corrected chi connectivity index (χ2v) is 9.91. The molecule has 3 aromatic carbocycles. The number of hydrogen-bond donors (Lipinski definition) is 1. The van der Waals surface area contributed by atoms with Crippen molar-refractivity contribution in [1.29, 1.82) is 0 Å². The van der Waals surface area contributed by atoms with E-state index in [0.29, 0.717) is 5.69 Å². The van der Waals surface area contributed by atoms with Gasteiger partial charge in [0.2, 0.25) is 5.91 Å². The summed E-state index contributed by atoms with van der Waals surface area (Å²) in [5, 5.41) is 2.94. The lowest BCUT2D eigenvalue weighted by Gasteiger charge is -2.25. The number of anilines is 1. The van der Waals surface area contributed by atoms with Gasteiger partial charge in [0, 0.05) is 0 Å². The molecule has 168 valence electrons. The lowest BCUT2D eigenvalue weighted by Crippen LogP contribution is -2.41. The molecule has 6 heteroatoms. The molecule has 0 aliphatic rings. The zero-order chi connectivity index (χ0) is 23.3. The summed E-state index contributed by atoms with van der Waals surface area (Å²) < 4.78 is 28.1. The van der Waals surface area contributed by atoms with Gasteiger partial charge in [0.05, 0.1) is 16.6 Å². The molecule has 0 saturated carbocycles. The number of carbonyl (C=O) groups is 1. The van der Waals surface area contributed by atoms with Crippen LogP contribution in [0.3, 0.4) is 0 Å². The minimum atomic E-state index is -3.92. The number of carbonyl (C=O) groups excluding carboxylic acids is 1. The summed E-state index contributed by atoms with van der Waals surface area (Å²) in [6, 6.07) is 21.6. The van der Waals surface area contributed by atoms with Crippen LogP contribution in [0.4, 0.5) is 5.69 Å². The Hall–Kier alpha value is -3.12. The number of aryl methyl sites for hydroxylation is 3. The summed E-state index contributed by atoms with van der Waals surface area (Å²) >= 11 is 0. The van der Waals surface area contributed by atoms with Gasteiger partial charge in [-0.2, -0.15) is 0 Å². The van der Waals surface area contributed by atoms with Crippen LogP contribution in [-0.2, 0) is 21.2 Å². The SMILES string of the molecule is CCc1ccc([C@H](C)NC(=O)CN(c2cccc(C)c2)S(=O)(=O)c2ccc(C)cc2)cc1. The van der Waals surface area contributed by atoms with Gasteiger partial charge >= 0.3 is 0 Å². The number of nitrogens with one attached hydrogen (secondary N) is 1. The molecule has 5 nitrogen and oxygen atoms in total. The number of benzene rings is 3. The predicted octanol–water partition coefficient (Wildman–Crippen LogP) is 4.94. The third-order valence-electron chi connectivity index (χ3n) is 5.45. The number of hydrogen-bond acceptors (Lipinski definition) is 3. The first-order valence-corrected chi connectivity index (χ1v) is 12.2. The summed E-state index contributed by atoms with van der Waals surface area (Å²) in [6.45, 7) is 7.47. The normalized spacial score (nSPS) is 12.2. The first-order chi connectivity index (χ1) is 15.2. The molecule has 1 N–H and O–H groups in total. The van der Waals surface area contributed by atoms with E-state index in [1.807, 2.05) is 51.1 Å². The lowest BCUT2D eigenvalue weighted by atomic mass is 10.1. The first kappa shape index (κ1) is 23.5. The van der Waals surface area contributed by atoms with Gasteiger partial charge in [0.1, 0.15) is 6.54 Å². The molecule has 0 aromatic heterocycles. The van der Waals surface area contributed by atoms with E-state index < -0.39 is 10.0 Å². The van der Waals surface area contributed by atoms with E-state index in [2.05, 4.69) is 12.2 Å². The van der Waals surface area contributed by atoms with E-state index >= 15 is 0 Å². The zero-order valence-electron chi connectivity index (χ0n) is 19.0. The monoisotopic (exact) mass is 450 g/mol. The number of rotatable bonds is 8. The Bertz CT molecular complexity index is 1170. The van der Waals surface area contributed by atoms with Gasteiger partial charge in [0.15, 0.2) is 0 Å². The van der Waals surface area contributed by atoms with Crippen LogP contribution in [0.25, 0.3) is 0 Å². The maximum absolute atomic E-state index is 13.5. The minimum absolute atomic E-state index is 0.153. The van der Waals surface area contributed by atoms with Crippen LogP contribution in [0.1, 0.15) is 42.1 Å². The molecule has 0 radical (unpaired) electrons. The largest absolute Gasteiger partial charge is 0.348 e. The Morgan fingerprint density at radius 2 is 1.59 bits per heavy atom. The maximum Gasteiger partial charge on any atom is 0.264 e. The van der Waals surface area contributed by atoms with Gasteiger partial charge in [-0.25, -0.2) is 8.42 Å². The van der Waals surface area contributed by atoms with Crippen LogP contribution in [0.15, 0.2) is 77.7 Å². The van der Waals surface area contributed by atoms with Crippen LogP contribution in [0, 0.1) is 13.8 Å². The van der Waals surface area contributed by atoms with Crippen molar-refractivity contribution in [2.24, 2.45) is 0 Å². The third-order valence-corrected chi connectivity index (χ3v) is 7.24. The molecule has 0 saturated heterocycles. The summed E-state index contributed by atoms with van der Waals surface area (Å²) in [7, 11) is -3.92. The van der Waals surface area contributed by atoms with Crippen molar-refractivity contribution in [3.63, 3.8) is 0 Å². The number of sulfonamides is 1. The lowest BCUT2D eigenvalue weighted by molar-refractivity contribution is -0.120. The highest BCUT2D eigenvalue weighted by Crippen LogP contribution is 2.25. The summed E-state index contributed by atoms with van der Waals surface area (Å²) in [6.07, 6.45) is 0.948. The second-order valence-electron chi connectivity index (χ2n) is 8.05. The van der Waals surface area contributed by atoms with Crippen molar-refractivity contribution in [3.05, 3.63) is 95.1 Å². The fourth-order valence-corrected chi connectivity index (χ4v) is 4.89. The fourth-order valence-electron chi connectivity index (χ4n) is 3.48. The van der Waals surface area contributed by atoms with E-state index in [9.17, 15) is 13.2 Å². The molecule has 1 amide bonds. The molecule has 0 fully saturated rings. The second kappa shape index (κ2) is 10.0. The Morgan fingerprint density at radius 3 is 2.19 bits per heavy atom. The van der Waals surface area contributed by atoms with Crippen molar-refractivity contribution in [2.45, 2.75) is 45.1 Å². The van der Waals surface area contributed by atoms with Gasteiger partial charge in [-0.1, -0.05) is 61.0 Å². The van der Waals surface area contributed by atoms with Crippen LogP contribution < -0.4 is 9.62 Å². The Balaban J connectivity index is 1.86. The van der Waals surface area contributed by atoms with Crippen LogP contribution in [-0.4, -0.2) is 20.9 Å². The first-order valence-electron chi connectivity index (χ1n) is 10.7. The van der Waals surface area contributed by atoms with Gasteiger partial charge in [0.25, 0.3) is 10.0 Å². The molecular weight excluding hydrogens is 420 g/mol. The summed E-state index contributed by atoms with van der Waals surface area (Å²) in [5.41, 5.74) is 4.53. The standard InChI is InChI=1S/C26H30N2O3S/c1-5-22-11-13-23(14-12-22)21(4)27-26(29)18-28(24-8-6-7-20(3)17-24)32(30,31)25-15-9-19(2)10-16-25/h6-17,21H,5,18H2,1-4H3,(H,27,29)/t21-/m0/s1. The average molecular weight is 451 g/mol.